The Morgan fingerprint density at radius 1 is 1.25 bits per heavy atom. The molecule has 0 aliphatic heterocycles. The summed E-state index contributed by atoms with van der Waals surface area (Å²) in [7, 11) is 2.79. The number of hydrogen-bond donors (Lipinski definition) is 1. The van der Waals surface area contributed by atoms with Crippen molar-refractivity contribution in [3.63, 3.8) is 0 Å². The second-order valence-corrected chi connectivity index (χ2v) is 5.38. The first kappa shape index (κ1) is 15.9. The van der Waals surface area contributed by atoms with Gasteiger partial charge in [-0.05, 0) is 18.5 Å². The molecule has 0 saturated carbocycles. The lowest BCUT2D eigenvalue weighted by Gasteiger charge is -2.06. The smallest absolute Gasteiger partial charge is 0.315 e. The molecule has 1 N–H and O–H groups in total. The molecular formula is C12H12ClN7O4. The average Bonchev–Trinajstić information content (AvgIpc) is 3.07. The van der Waals surface area contributed by atoms with E-state index in [1.807, 2.05) is 0 Å². The topological polar surface area (TPSA) is 130 Å². The summed E-state index contributed by atoms with van der Waals surface area (Å²) >= 11 is 6.02. The van der Waals surface area contributed by atoms with Crippen molar-refractivity contribution < 1.29 is 9.32 Å². The first-order valence-corrected chi connectivity index (χ1v) is 7.09. The highest BCUT2D eigenvalue weighted by Crippen LogP contribution is 2.15. The van der Waals surface area contributed by atoms with Crippen LogP contribution in [0, 0.1) is 6.92 Å². The normalized spacial score (nSPS) is 11.2. The van der Waals surface area contributed by atoms with Crippen molar-refractivity contribution in [2.45, 2.75) is 13.5 Å². The van der Waals surface area contributed by atoms with Crippen molar-refractivity contribution in [1.82, 2.24) is 28.8 Å². The number of nitrogens with one attached hydrogen (secondary N) is 1. The summed E-state index contributed by atoms with van der Waals surface area (Å²) in [5, 5.41) is 5.84. The molecule has 3 heterocycles. The van der Waals surface area contributed by atoms with Crippen LogP contribution in [0.15, 0.2) is 14.1 Å². The molecule has 0 atom stereocenters. The van der Waals surface area contributed by atoms with Crippen LogP contribution in [0.25, 0.3) is 11.2 Å². The zero-order valence-corrected chi connectivity index (χ0v) is 13.7. The van der Waals surface area contributed by atoms with Gasteiger partial charge < -0.3 is 4.52 Å². The fraction of sp³-hybridized carbons (Fsp3) is 0.333. The molecule has 0 aromatic carbocycles. The van der Waals surface area contributed by atoms with Gasteiger partial charge in [-0.3, -0.25) is 28.6 Å². The van der Waals surface area contributed by atoms with Gasteiger partial charge >= 0.3 is 11.7 Å². The van der Waals surface area contributed by atoms with Crippen molar-refractivity contribution in [3.05, 3.63) is 31.9 Å². The third-order valence-corrected chi connectivity index (χ3v) is 3.67. The van der Waals surface area contributed by atoms with Gasteiger partial charge in [0.2, 0.25) is 11.2 Å². The molecular weight excluding hydrogens is 342 g/mol. The van der Waals surface area contributed by atoms with Crippen LogP contribution < -0.4 is 16.6 Å². The van der Waals surface area contributed by atoms with Crippen LogP contribution in [0.2, 0.25) is 5.28 Å². The van der Waals surface area contributed by atoms with Gasteiger partial charge in [0.25, 0.3) is 5.56 Å². The second-order valence-electron chi connectivity index (χ2n) is 5.04. The lowest BCUT2D eigenvalue weighted by Crippen LogP contribution is -2.37. The number of carbonyl (C=O) groups is 1. The molecule has 3 aromatic rings. The van der Waals surface area contributed by atoms with Gasteiger partial charge in [0, 0.05) is 14.1 Å². The lowest BCUT2D eigenvalue weighted by atomic mass is 10.4. The summed E-state index contributed by atoms with van der Waals surface area (Å²) in [6.07, 6.45) is 0. The molecule has 0 radical (unpaired) electrons. The fourth-order valence-electron chi connectivity index (χ4n) is 2.21. The molecule has 0 saturated heterocycles. The number of hydrogen-bond acceptors (Lipinski definition) is 7. The highest BCUT2D eigenvalue weighted by molar-refractivity contribution is 6.29. The number of rotatable bonds is 3. The zero-order chi connectivity index (χ0) is 17.6. The second kappa shape index (κ2) is 5.60. The van der Waals surface area contributed by atoms with Gasteiger partial charge in [0.1, 0.15) is 6.54 Å². The van der Waals surface area contributed by atoms with Crippen molar-refractivity contribution >= 4 is 34.7 Å². The Morgan fingerprint density at radius 2 is 1.96 bits per heavy atom. The predicted molar refractivity (Wildman–Crippen MR) is 82.9 cm³/mol. The Hall–Kier alpha value is -2.95. The largest absolute Gasteiger partial charge is 0.332 e. The minimum atomic E-state index is -0.603. The summed E-state index contributed by atoms with van der Waals surface area (Å²) in [6, 6.07) is -0.0710. The molecule has 3 rings (SSSR count). The maximum absolute atomic E-state index is 12.3. The molecule has 0 bridgehead atoms. The molecule has 24 heavy (non-hydrogen) atoms. The molecule has 11 nitrogen and oxygen atoms in total. The number of nitrogens with zero attached hydrogens (tertiary/aromatic N) is 6. The number of aryl methyl sites for hydroxylation is 2. The maximum atomic E-state index is 12.3. The van der Waals surface area contributed by atoms with Gasteiger partial charge in [-0.15, -0.1) is 0 Å². The quantitative estimate of drug-likeness (QED) is 0.623. The Kier molecular flexibility index (Phi) is 3.72. The Balaban J connectivity index is 2.04. The minimum absolute atomic E-state index is 0.0430. The Labute approximate surface area is 138 Å². The molecule has 1 amide bonds. The third kappa shape index (κ3) is 2.48. The number of amides is 1. The van der Waals surface area contributed by atoms with E-state index < -0.39 is 17.2 Å². The molecule has 0 spiro atoms. The van der Waals surface area contributed by atoms with Crippen LogP contribution in [-0.4, -0.2) is 34.7 Å². The summed E-state index contributed by atoms with van der Waals surface area (Å²) in [5.41, 5.74) is -1.01. The van der Waals surface area contributed by atoms with E-state index in [1.165, 1.54) is 23.2 Å². The van der Waals surface area contributed by atoms with Crippen LogP contribution >= 0.6 is 11.6 Å². The van der Waals surface area contributed by atoms with E-state index in [0.717, 1.165) is 4.57 Å². The number of halogens is 1. The standard InChI is InChI=1S/C12H12ClN7O4/c1-5-14-11(24-17-5)15-6(21)4-20-7-8(16-10(20)13)18(2)12(23)19(3)9(7)22/h4H2,1-3H3,(H,14,15,17,21). The highest BCUT2D eigenvalue weighted by atomic mass is 35.5. The first-order chi connectivity index (χ1) is 11.3. The zero-order valence-electron chi connectivity index (χ0n) is 12.9. The van der Waals surface area contributed by atoms with Crippen molar-refractivity contribution in [2.24, 2.45) is 14.1 Å². The van der Waals surface area contributed by atoms with Crippen molar-refractivity contribution in [1.29, 1.82) is 0 Å². The number of anilines is 1. The van der Waals surface area contributed by atoms with Crippen LogP contribution in [0.5, 0.6) is 0 Å². The van der Waals surface area contributed by atoms with E-state index >= 15 is 0 Å². The van der Waals surface area contributed by atoms with E-state index in [9.17, 15) is 14.4 Å². The van der Waals surface area contributed by atoms with Crippen LogP contribution in [-0.2, 0) is 25.4 Å². The van der Waals surface area contributed by atoms with Gasteiger partial charge in [0.15, 0.2) is 17.0 Å². The number of carbonyl (C=O) groups excluding carboxylic acids is 1. The molecule has 0 fully saturated rings. The number of aromatic nitrogens is 6. The molecule has 0 aliphatic rings. The molecule has 0 unspecified atom stereocenters. The van der Waals surface area contributed by atoms with E-state index in [4.69, 9.17) is 16.1 Å². The van der Waals surface area contributed by atoms with E-state index in [-0.39, 0.29) is 29.0 Å². The summed E-state index contributed by atoms with van der Waals surface area (Å²) in [5.74, 6) is -0.184. The monoisotopic (exact) mass is 353 g/mol. The van der Waals surface area contributed by atoms with Crippen LogP contribution in [0.3, 0.4) is 0 Å². The average molecular weight is 354 g/mol. The molecule has 12 heteroatoms. The van der Waals surface area contributed by atoms with Crippen LogP contribution in [0.4, 0.5) is 6.01 Å². The van der Waals surface area contributed by atoms with Crippen molar-refractivity contribution in [2.75, 3.05) is 5.32 Å². The van der Waals surface area contributed by atoms with Gasteiger partial charge in [-0.2, -0.15) is 9.97 Å². The van der Waals surface area contributed by atoms with E-state index in [1.54, 1.807) is 6.92 Å². The van der Waals surface area contributed by atoms with Gasteiger partial charge in [-0.25, -0.2) is 4.79 Å². The first-order valence-electron chi connectivity index (χ1n) is 6.71. The number of fused-ring (bicyclic) bond motifs is 1. The Bertz CT molecular complexity index is 1070. The maximum Gasteiger partial charge on any atom is 0.332 e. The minimum Gasteiger partial charge on any atom is -0.315 e. The summed E-state index contributed by atoms with van der Waals surface area (Å²) in [6.45, 7) is 1.29. The summed E-state index contributed by atoms with van der Waals surface area (Å²) < 4.78 is 8.08. The predicted octanol–water partition coefficient (Wildman–Crippen LogP) is -0.583. The SMILES string of the molecule is Cc1noc(NC(=O)Cn2c(Cl)nc3c2c(=O)n(C)c(=O)n3C)n1. The van der Waals surface area contributed by atoms with E-state index in [0.29, 0.717) is 5.82 Å². The number of imidazole rings is 1. The third-order valence-electron chi connectivity index (χ3n) is 3.38. The molecule has 0 aliphatic carbocycles. The lowest BCUT2D eigenvalue weighted by molar-refractivity contribution is -0.116. The van der Waals surface area contributed by atoms with Crippen molar-refractivity contribution in [3.8, 4) is 0 Å². The summed E-state index contributed by atoms with van der Waals surface area (Å²) in [4.78, 5) is 44.2. The van der Waals surface area contributed by atoms with Gasteiger partial charge in [-0.1, -0.05) is 5.16 Å². The molecule has 3 aromatic heterocycles. The van der Waals surface area contributed by atoms with Gasteiger partial charge in [0.05, 0.1) is 0 Å². The highest BCUT2D eigenvalue weighted by Gasteiger charge is 2.20. The van der Waals surface area contributed by atoms with Crippen LogP contribution in [0.1, 0.15) is 5.82 Å². The van der Waals surface area contributed by atoms with E-state index in [2.05, 4.69) is 20.4 Å². The Morgan fingerprint density at radius 3 is 2.58 bits per heavy atom. The molecule has 126 valence electrons. The fourth-order valence-corrected chi connectivity index (χ4v) is 2.44.